The summed E-state index contributed by atoms with van der Waals surface area (Å²) >= 11 is 0. The predicted molar refractivity (Wildman–Crippen MR) is 90.1 cm³/mol. The van der Waals surface area contributed by atoms with E-state index in [0.717, 1.165) is 25.1 Å². The Labute approximate surface area is 142 Å². The summed E-state index contributed by atoms with van der Waals surface area (Å²) in [7, 11) is -2.85. The van der Waals surface area contributed by atoms with Crippen molar-refractivity contribution < 1.29 is 13.2 Å². The second-order valence-corrected chi connectivity index (χ2v) is 9.43. The van der Waals surface area contributed by atoms with Gasteiger partial charge >= 0.3 is 0 Å². The third-order valence-electron chi connectivity index (χ3n) is 5.14. The number of carbonyl (C=O) groups is 1. The van der Waals surface area contributed by atoms with Crippen LogP contribution >= 0.6 is 0 Å². The summed E-state index contributed by atoms with van der Waals surface area (Å²) in [5, 5.41) is 4.55. The minimum Gasteiger partial charge on any atom is -0.369 e. The average Bonchev–Trinajstić information content (AvgIpc) is 2.92. The van der Waals surface area contributed by atoms with Crippen molar-refractivity contribution in [2.45, 2.75) is 63.8 Å². The van der Waals surface area contributed by atoms with E-state index in [2.05, 4.69) is 10.1 Å². The van der Waals surface area contributed by atoms with Crippen LogP contribution in [0, 0.1) is 5.92 Å². The van der Waals surface area contributed by atoms with E-state index in [1.165, 1.54) is 19.3 Å². The number of nitrogens with two attached hydrogens (primary N) is 1. The lowest BCUT2D eigenvalue weighted by Gasteiger charge is -2.25. The summed E-state index contributed by atoms with van der Waals surface area (Å²) in [6.45, 7) is 0. The molecule has 1 aromatic heterocycles. The van der Waals surface area contributed by atoms with E-state index in [4.69, 9.17) is 5.73 Å². The molecule has 0 aromatic carbocycles. The highest BCUT2D eigenvalue weighted by Gasteiger charge is 2.27. The molecule has 2 heterocycles. The van der Waals surface area contributed by atoms with Gasteiger partial charge in [0, 0.05) is 6.42 Å². The van der Waals surface area contributed by atoms with Crippen molar-refractivity contribution in [3.8, 4) is 0 Å². The Bertz CT molecular complexity index is 678. The zero-order valence-corrected chi connectivity index (χ0v) is 14.8. The molecule has 134 valence electrons. The van der Waals surface area contributed by atoms with Gasteiger partial charge in [0.2, 0.25) is 5.91 Å². The molecular weight excluding hydrogens is 328 g/mol. The average molecular weight is 354 g/mol. The first kappa shape index (κ1) is 17.4. The molecule has 3 rings (SSSR count). The third kappa shape index (κ3) is 4.34. The highest BCUT2D eigenvalue weighted by atomic mass is 32.2. The van der Waals surface area contributed by atoms with Crippen molar-refractivity contribution in [2.24, 2.45) is 11.7 Å². The molecule has 1 saturated heterocycles. The predicted octanol–water partition coefficient (Wildman–Crippen LogP) is 1.18. The fourth-order valence-electron chi connectivity index (χ4n) is 3.79. The van der Waals surface area contributed by atoms with E-state index in [-0.39, 0.29) is 17.9 Å². The Hall–Kier alpha value is -1.44. The normalized spacial score (nSPS) is 22.5. The Balaban J connectivity index is 1.76. The zero-order valence-electron chi connectivity index (χ0n) is 14.0. The van der Waals surface area contributed by atoms with Crippen LogP contribution in [0.25, 0.3) is 0 Å². The van der Waals surface area contributed by atoms with Crippen LogP contribution in [-0.4, -0.2) is 40.6 Å². The maximum atomic E-state index is 11.6. The van der Waals surface area contributed by atoms with Gasteiger partial charge in [0.05, 0.1) is 24.0 Å². The largest absolute Gasteiger partial charge is 0.369 e. The van der Waals surface area contributed by atoms with Gasteiger partial charge in [0.25, 0.3) is 0 Å². The van der Waals surface area contributed by atoms with E-state index >= 15 is 0 Å². The van der Waals surface area contributed by atoms with Crippen LogP contribution in [0.15, 0.2) is 0 Å². The Morgan fingerprint density at radius 2 is 1.79 bits per heavy atom. The van der Waals surface area contributed by atoms with Crippen LogP contribution in [0.1, 0.15) is 62.6 Å². The molecule has 24 heavy (non-hydrogen) atoms. The molecule has 1 amide bonds. The van der Waals surface area contributed by atoms with E-state index in [9.17, 15) is 13.2 Å². The molecule has 7 nitrogen and oxygen atoms in total. The second-order valence-electron chi connectivity index (χ2n) is 7.12. The number of sulfone groups is 1. The van der Waals surface area contributed by atoms with Gasteiger partial charge in [-0.05, 0) is 31.6 Å². The van der Waals surface area contributed by atoms with Gasteiger partial charge in [-0.3, -0.25) is 4.79 Å². The van der Waals surface area contributed by atoms with Gasteiger partial charge in [-0.2, -0.15) is 5.10 Å². The van der Waals surface area contributed by atoms with E-state index in [0.29, 0.717) is 30.6 Å². The lowest BCUT2D eigenvalue weighted by atomic mass is 9.94. The lowest BCUT2D eigenvalue weighted by Crippen LogP contribution is -2.26. The van der Waals surface area contributed by atoms with Gasteiger partial charge in [0.1, 0.15) is 15.7 Å². The number of aromatic nitrogens is 3. The maximum Gasteiger partial charge on any atom is 0.225 e. The monoisotopic (exact) mass is 354 g/mol. The summed E-state index contributed by atoms with van der Waals surface area (Å²) in [4.78, 5) is 15.8. The van der Waals surface area contributed by atoms with Crippen LogP contribution in [-0.2, 0) is 27.5 Å². The topological polar surface area (TPSA) is 108 Å². The molecule has 2 N–H and O–H groups in total. The molecule has 8 heteroatoms. The van der Waals surface area contributed by atoms with Crippen LogP contribution in [0.2, 0.25) is 0 Å². The van der Waals surface area contributed by atoms with Crippen molar-refractivity contribution in [1.82, 2.24) is 14.8 Å². The highest BCUT2D eigenvalue weighted by Crippen LogP contribution is 2.30. The van der Waals surface area contributed by atoms with Crippen molar-refractivity contribution in [1.29, 1.82) is 0 Å². The van der Waals surface area contributed by atoms with Crippen molar-refractivity contribution >= 4 is 15.7 Å². The molecular formula is C16H26N4O3S. The van der Waals surface area contributed by atoms with Crippen LogP contribution in [0.3, 0.4) is 0 Å². The number of hydrogen-bond acceptors (Lipinski definition) is 5. The quantitative estimate of drug-likeness (QED) is 0.854. The molecule has 0 spiro atoms. The standard InChI is InChI=1S/C16H26N4O3S/c17-14(21)11-15-18-16(10-12-6-8-24(22,23)9-7-12)20(19-15)13-4-2-1-3-5-13/h12-13H,1-11H2,(H2,17,21). The molecule has 2 fully saturated rings. The smallest absolute Gasteiger partial charge is 0.225 e. The lowest BCUT2D eigenvalue weighted by molar-refractivity contribution is -0.117. The van der Waals surface area contributed by atoms with E-state index in [1.807, 2.05) is 4.68 Å². The molecule has 1 saturated carbocycles. The Morgan fingerprint density at radius 1 is 1.12 bits per heavy atom. The minimum atomic E-state index is -2.85. The number of amides is 1. The third-order valence-corrected chi connectivity index (χ3v) is 6.86. The van der Waals surface area contributed by atoms with Crippen LogP contribution in [0.5, 0.6) is 0 Å². The molecule has 0 bridgehead atoms. The fraction of sp³-hybridized carbons (Fsp3) is 0.812. The number of hydrogen-bond donors (Lipinski definition) is 1. The van der Waals surface area contributed by atoms with Gasteiger partial charge < -0.3 is 5.73 Å². The van der Waals surface area contributed by atoms with Gasteiger partial charge in [0.15, 0.2) is 5.82 Å². The van der Waals surface area contributed by atoms with Crippen LogP contribution < -0.4 is 5.73 Å². The maximum absolute atomic E-state index is 11.6. The molecule has 0 unspecified atom stereocenters. The molecule has 2 aliphatic rings. The first-order valence-electron chi connectivity index (χ1n) is 8.86. The summed E-state index contributed by atoms with van der Waals surface area (Å²) in [5.74, 6) is 1.81. The zero-order chi connectivity index (χ0) is 17.2. The number of nitrogens with zero attached hydrogens (tertiary/aromatic N) is 3. The van der Waals surface area contributed by atoms with Crippen molar-refractivity contribution in [2.75, 3.05) is 11.5 Å². The molecule has 1 aliphatic carbocycles. The SMILES string of the molecule is NC(=O)Cc1nc(CC2CCS(=O)(=O)CC2)n(C2CCCCC2)n1. The van der Waals surface area contributed by atoms with E-state index < -0.39 is 15.7 Å². The Morgan fingerprint density at radius 3 is 2.42 bits per heavy atom. The summed E-state index contributed by atoms with van der Waals surface area (Å²) in [6, 6.07) is 0.343. The Kier molecular flexibility index (Phi) is 5.22. The molecule has 1 aromatic rings. The van der Waals surface area contributed by atoms with Gasteiger partial charge in [-0.25, -0.2) is 18.1 Å². The number of rotatable bonds is 5. The highest BCUT2D eigenvalue weighted by molar-refractivity contribution is 7.91. The van der Waals surface area contributed by atoms with E-state index in [1.54, 1.807) is 0 Å². The molecule has 0 radical (unpaired) electrons. The fourth-order valence-corrected chi connectivity index (χ4v) is 5.38. The summed E-state index contributed by atoms with van der Waals surface area (Å²) in [6.07, 6.45) is 7.99. The first-order chi connectivity index (χ1) is 11.4. The van der Waals surface area contributed by atoms with Crippen LogP contribution in [0.4, 0.5) is 0 Å². The number of carbonyl (C=O) groups excluding carboxylic acids is 1. The summed E-state index contributed by atoms with van der Waals surface area (Å²) in [5.41, 5.74) is 5.28. The van der Waals surface area contributed by atoms with Crippen molar-refractivity contribution in [3.63, 3.8) is 0 Å². The van der Waals surface area contributed by atoms with Crippen molar-refractivity contribution in [3.05, 3.63) is 11.6 Å². The minimum absolute atomic E-state index is 0.0613. The number of primary amides is 1. The molecule has 0 atom stereocenters. The van der Waals surface area contributed by atoms with Gasteiger partial charge in [-0.1, -0.05) is 19.3 Å². The second kappa shape index (κ2) is 7.21. The summed E-state index contributed by atoms with van der Waals surface area (Å²) < 4.78 is 25.2. The van der Waals surface area contributed by atoms with Gasteiger partial charge in [-0.15, -0.1) is 0 Å². The first-order valence-corrected chi connectivity index (χ1v) is 10.7. The molecule has 1 aliphatic heterocycles.